The fourth-order valence-electron chi connectivity index (χ4n) is 2.18. The van der Waals surface area contributed by atoms with Gasteiger partial charge in [0.2, 0.25) is 0 Å². The maximum Gasteiger partial charge on any atom is 0.122 e. The molecule has 0 fully saturated rings. The molecule has 1 aliphatic rings. The Morgan fingerprint density at radius 1 is 1.50 bits per heavy atom. The van der Waals surface area contributed by atoms with E-state index in [0.717, 1.165) is 25.2 Å². The molecule has 0 radical (unpaired) electrons. The normalized spacial score (nSPS) is 20.2. The monoisotopic (exact) mass is 221 g/mol. The topological polar surface area (TPSA) is 44.5 Å². The van der Waals surface area contributed by atoms with E-state index in [0.29, 0.717) is 12.5 Å². The molecule has 0 amide bonds. The predicted molar refractivity (Wildman–Crippen MR) is 63.8 cm³/mol. The van der Waals surface area contributed by atoms with Crippen LogP contribution in [0.15, 0.2) is 24.3 Å². The minimum atomic E-state index is 0.137. The van der Waals surface area contributed by atoms with Crippen molar-refractivity contribution in [2.75, 3.05) is 20.3 Å². The van der Waals surface area contributed by atoms with Crippen molar-refractivity contribution in [2.24, 2.45) is 5.73 Å². The van der Waals surface area contributed by atoms with Gasteiger partial charge in [0, 0.05) is 24.6 Å². The molecule has 16 heavy (non-hydrogen) atoms. The van der Waals surface area contributed by atoms with E-state index in [9.17, 15) is 0 Å². The largest absolute Gasteiger partial charge is 0.493 e. The van der Waals surface area contributed by atoms with Gasteiger partial charge in [-0.2, -0.15) is 0 Å². The summed E-state index contributed by atoms with van der Waals surface area (Å²) in [4.78, 5) is 0. The van der Waals surface area contributed by atoms with Gasteiger partial charge in [0.15, 0.2) is 0 Å². The summed E-state index contributed by atoms with van der Waals surface area (Å²) in [5, 5.41) is 0. The van der Waals surface area contributed by atoms with Crippen LogP contribution < -0.4 is 10.5 Å². The van der Waals surface area contributed by atoms with E-state index in [4.69, 9.17) is 15.2 Å². The van der Waals surface area contributed by atoms with Gasteiger partial charge in [-0.05, 0) is 18.9 Å². The Labute approximate surface area is 96.5 Å². The first kappa shape index (κ1) is 11.4. The summed E-state index contributed by atoms with van der Waals surface area (Å²) >= 11 is 0. The maximum absolute atomic E-state index is 5.92. The summed E-state index contributed by atoms with van der Waals surface area (Å²) in [6.45, 7) is 1.42. The lowest BCUT2D eigenvalue weighted by atomic mass is 9.94. The maximum atomic E-state index is 5.92. The van der Waals surface area contributed by atoms with Crippen molar-refractivity contribution in [2.45, 2.75) is 24.8 Å². The molecule has 0 spiro atoms. The van der Waals surface area contributed by atoms with Crippen molar-refractivity contribution >= 4 is 0 Å². The van der Waals surface area contributed by atoms with E-state index in [2.05, 4.69) is 12.1 Å². The predicted octanol–water partition coefficient (Wildman–Crippen LogP) is 1.92. The van der Waals surface area contributed by atoms with E-state index in [1.807, 2.05) is 12.1 Å². The first-order valence-corrected chi connectivity index (χ1v) is 5.77. The van der Waals surface area contributed by atoms with Gasteiger partial charge in [0.1, 0.15) is 5.75 Å². The molecule has 2 N–H and O–H groups in total. The third-order valence-corrected chi connectivity index (χ3v) is 3.07. The number of nitrogens with two attached hydrogens (primary N) is 1. The number of benzene rings is 1. The molecular formula is C13H19NO2. The van der Waals surface area contributed by atoms with Crippen LogP contribution in [0.3, 0.4) is 0 Å². The molecule has 1 heterocycles. The molecule has 1 aromatic carbocycles. The summed E-state index contributed by atoms with van der Waals surface area (Å²) in [5.74, 6) is 1.53. The third-order valence-electron chi connectivity index (χ3n) is 3.07. The van der Waals surface area contributed by atoms with Crippen molar-refractivity contribution < 1.29 is 9.47 Å². The Bertz CT molecular complexity index is 340. The van der Waals surface area contributed by atoms with Crippen LogP contribution in [0.5, 0.6) is 5.75 Å². The highest BCUT2D eigenvalue weighted by Crippen LogP contribution is 2.36. The van der Waals surface area contributed by atoms with Crippen LogP contribution in [-0.4, -0.2) is 26.4 Å². The molecule has 1 aliphatic heterocycles. The van der Waals surface area contributed by atoms with Gasteiger partial charge in [-0.25, -0.2) is 0 Å². The average Bonchev–Trinajstić information content (AvgIpc) is 2.70. The molecule has 2 atom stereocenters. The number of rotatable bonds is 5. The molecule has 3 heteroatoms. The molecule has 0 bridgehead atoms. The molecular weight excluding hydrogens is 202 g/mol. The number of ether oxygens (including phenoxy) is 2. The fraction of sp³-hybridized carbons (Fsp3) is 0.538. The van der Waals surface area contributed by atoms with Crippen LogP contribution >= 0.6 is 0 Å². The number of fused-ring (bicyclic) bond motifs is 1. The van der Waals surface area contributed by atoms with Crippen LogP contribution in [0.2, 0.25) is 0 Å². The quantitative estimate of drug-likeness (QED) is 0.826. The van der Waals surface area contributed by atoms with E-state index in [-0.39, 0.29) is 6.04 Å². The smallest absolute Gasteiger partial charge is 0.122 e. The number of hydrogen-bond acceptors (Lipinski definition) is 3. The third kappa shape index (κ3) is 2.54. The van der Waals surface area contributed by atoms with E-state index in [1.165, 1.54) is 5.56 Å². The standard InChI is InChI=1S/C13H19NO2/c1-15-9-11(14)7-6-10-8-16-13-5-3-2-4-12(10)13/h2-5,10-11H,6-9,14H2,1H3. The summed E-state index contributed by atoms with van der Waals surface area (Å²) in [7, 11) is 1.69. The van der Waals surface area contributed by atoms with Gasteiger partial charge in [-0.3, -0.25) is 0 Å². The number of hydrogen-bond donors (Lipinski definition) is 1. The van der Waals surface area contributed by atoms with Gasteiger partial charge in [0.05, 0.1) is 13.2 Å². The fourth-order valence-corrected chi connectivity index (χ4v) is 2.18. The van der Waals surface area contributed by atoms with Crippen molar-refractivity contribution in [3.05, 3.63) is 29.8 Å². The van der Waals surface area contributed by atoms with Crippen LogP contribution in [0.25, 0.3) is 0 Å². The lowest BCUT2D eigenvalue weighted by Gasteiger charge is -2.13. The Morgan fingerprint density at radius 3 is 3.12 bits per heavy atom. The second-order valence-corrected chi connectivity index (χ2v) is 4.34. The molecule has 2 unspecified atom stereocenters. The Hall–Kier alpha value is -1.06. The second kappa shape index (κ2) is 5.32. The van der Waals surface area contributed by atoms with Crippen LogP contribution in [-0.2, 0) is 4.74 Å². The Morgan fingerprint density at radius 2 is 2.31 bits per heavy atom. The first-order valence-electron chi connectivity index (χ1n) is 5.77. The minimum Gasteiger partial charge on any atom is -0.493 e. The zero-order chi connectivity index (χ0) is 11.4. The molecule has 0 aromatic heterocycles. The number of methoxy groups -OCH3 is 1. The molecule has 88 valence electrons. The highest BCUT2D eigenvalue weighted by atomic mass is 16.5. The van der Waals surface area contributed by atoms with E-state index < -0.39 is 0 Å². The second-order valence-electron chi connectivity index (χ2n) is 4.34. The van der Waals surface area contributed by atoms with Gasteiger partial charge in [0.25, 0.3) is 0 Å². The molecule has 0 aliphatic carbocycles. The Kier molecular flexibility index (Phi) is 3.80. The van der Waals surface area contributed by atoms with Crippen LogP contribution in [0.4, 0.5) is 0 Å². The molecule has 0 saturated heterocycles. The van der Waals surface area contributed by atoms with Crippen LogP contribution in [0.1, 0.15) is 24.3 Å². The van der Waals surface area contributed by atoms with Gasteiger partial charge in [-0.1, -0.05) is 18.2 Å². The van der Waals surface area contributed by atoms with Crippen molar-refractivity contribution in [3.63, 3.8) is 0 Å². The van der Waals surface area contributed by atoms with Crippen molar-refractivity contribution in [1.82, 2.24) is 0 Å². The lowest BCUT2D eigenvalue weighted by molar-refractivity contribution is 0.174. The molecule has 0 saturated carbocycles. The zero-order valence-corrected chi connectivity index (χ0v) is 9.69. The average molecular weight is 221 g/mol. The zero-order valence-electron chi connectivity index (χ0n) is 9.69. The highest BCUT2D eigenvalue weighted by Gasteiger charge is 2.23. The molecule has 2 rings (SSSR count). The van der Waals surface area contributed by atoms with Crippen molar-refractivity contribution in [3.8, 4) is 5.75 Å². The summed E-state index contributed by atoms with van der Waals surface area (Å²) < 4.78 is 10.7. The van der Waals surface area contributed by atoms with Gasteiger partial charge >= 0.3 is 0 Å². The SMILES string of the molecule is COCC(N)CCC1COc2ccccc21. The summed E-state index contributed by atoms with van der Waals surface area (Å²) in [5.41, 5.74) is 7.24. The minimum absolute atomic E-state index is 0.137. The molecule has 1 aromatic rings. The van der Waals surface area contributed by atoms with Gasteiger partial charge in [-0.15, -0.1) is 0 Å². The van der Waals surface area contributed by atoms with E-state index >= 15 is 0 Å². The van der Waals surface area contributed by atoms with E-state index in [1.54, 1.807) is 7.11 Å². The summed E-state index contributed by atoms with van der Waals surface area (Å²) in [6, 6.07) is 8.39. The highest BCUT2D eigenvalue weighted by molar-refractivity contribution is 5.39. The van der Waals surface area contributed by atoms with Gasteiger partial charge < -0.3 is 15.2 Å². The lowest BCUT2D eigenvalue weighted by Crippen LogP contribution is -2.26. The van der Waals surface area contributed by atoms with Crippen molar-refractivity contribution in [1.29, 1.82) is 0 Å². The van der Waals surface area contributed by atoms with Crippen LogP contribution in [0, 0.1) is 0 Å². The summed E-state index contributed by atoms with van der Waals surface area (Å²) in [6.07, 6.45) is 2.05. The Balaban J connectivity index is 1.88. The first-order chi connectivity index (χ1) is 7.81. The number of para-hydroxylation sites is 1. The molecule has 3 nitrogen and oxygen atoms in total.